The van der Waals surface area contributed by atoms with E-state index in [1.807, 2.05) is 29.0 Å². The summed E-state index contributed by atoms with van der Waals surface area (Å²) in [4.78, 5) is 54.7. The SMILES string of the molecule is CCOC(=O)c1c(NC(=O)C(C)Sc2cccc(NC(=O)/C(=C/c3ccsc3)NC(=O)c3ccccc3)c2)sc2c1CCCCCC2. The average Bonchev–Trinajstić information content (AvgIpc) is 3.68. The summed E-state index contributed by atoms with van der Waals surface area (Å²) >= 11 is 4.31. The Kier molecular flexibility index (Phi) is 12.0. The van der Waals surface area contributed by atoms with Crippen LogP contribution in [0.4, 0.5) is 10.7 Å². The first-order valence-corrected chi connectivity index (χ1v) is 18.3. The van der Waals surface area contributed by atoms with E-state index in [-0.39, 0.29) is 18.2 Å². The van der Waals surface area contributed by atoms with Crippen molar-refractivity contribution in [3.63, 3.8) is 0 Å². The van der Waals surface area contributed by atoms with Gasteiger partial charge in [-0.15, -0.1) is 23.1 Å². The summed E-state index contributed by atoms with van der Waals surface area (Å²) in [5, 5.41) is 12.5. The maximum Gasteiger partial charge on any atom is 0.341 e. The van der Waals surface area contributed by atoms with Crippen molar-refractivity contribution in [1.29, 1.82) is 0 Å². The number of rotatable bonds is 11. The fourth-order valence-corrected chi connectivity index (χ4v) is 8.03. The van der Waals surface area contributed by atoms with E-state index in [1.54, 1.807) is 62.4 Å². The zero-order valence-corrected chi connectivity index (χ0v) is 28.7. The minimum absolute atomic E-state index is 0.102. The molecule has 1 unspecified atom stereocenters. The summed E-state index contributed by atoms with van der Waals surface area (Å²) in [7, 11) is 0. The number of amides is 3. The summed E-state index contributed by atoms with van der Waals surface area (Å²) in [6, 6.07) is 17.8. The van der Waals surface area contributed by atoms with E-state index >= 15 is 0 Å². The van der Waals surface area contributed by atoms with Crippen LogP contribution in [0.5, 0.6) is 0 Å². The van der Waals surface area contributed by atoms with Gasteiger partial charge in [0.15, 0.2) is 0 Å². The number of benzene rings is 2. The number of aryl methyl sites for hydroxylation is 1. The van der Waals surface area contributed by atoms with Gasteiger partial charge < -0.3 is 20.7 Å². The monoisotopic (exact) mass is 687 g/mol. The molecule has 1 aliphatic carbocycles. The lowest BCUT2D eigenvalue weighted by Gasteiger charge is -2.14. The van der Waals surface area contributed by atoms with E-state index in [2.05, 4.69) is 16.0 Å². The molecular formula is C36H37N3O5S3. The van der Waals surface area contributed by atoms with Crippen molar-refractivity contribution < 1.29 is 23.9 Å². The third-order valence-electron chi connectivity index (χ3n) is 7.54. The van der Waals surface area contributed by atoms with Crippen LogP contribution in [0.1, 0.15) is 76.3 Å². The summed E-state index contributed by atoms with van der Waals surface area (Å²) in [5.74, 6) is -1.49. The zero-order chi connectivity index (χ0) is 33.2. The van der Waals surface area contributed by atoms with Crippen molar-refractivity contribution in [1.82, 2.24) is 5.32 Å². The first-order chi connectivity index (χ1) is 22.8. The predicted molar refractivity (Wildman–Crippen MR) is 191 cm³/mol. The summed E-state index contributed by atoms with van der Waals surface area (Å²) in [6.07, 6.45) is 7.69. The number of carbonyl (C=O) groups excluding carboxylic acids is 4. The molecule has 0 fully saturated rings. The van der Waals surface area contributed by atoms with Crippen LogP contribution in [-0.2, 0) is 27.2 Å². The highest BCUT2D eigenvalue weighted by Gasteiger charge is 2.27. The van der Waals surface area contributed by atoms with Gasteiger partial charge in [-0.05, 0) is 104 Å². The molecular weight excluding hydrogens is 651 g/mol. The highest BCUT2D eigenvalue weighted by molar-refractivity contribution is 8.00. The fourth-order valence-electron chi connectivity index (χ4n) is 5.21. The molecule has 0 bridgehead atoms. The summed E-state index contributed by atoms with van der Waals surface area (Å²) in [5.41, 5.74) is 3.35. The number of ether oxygens (including phenoxy) is 1. The van der Waals surface area contributed by atoms with E-state index in [4.69, 9.17) is 4.74 Å². The first kappa shape index (κ1) is 34.2. The molecule has 244 valence electrons. The minimum Gasteiger partial charge on any atom is -0.462 e. The number of hydrogen-bond donors (Lipinski definition) is 3. The molecule has 2 aromatic heterocycles. The van der Waals surface area contributed by atoms with Crippen molar-refractivity contribution in [2.24, 2.45) is 0 Å². The third kappa shape index (κ3) is 9.21. The van der Waals surface area contributed by atoms with Crippen molar-refractivity contribution in [3.05, 3.63) is 104 Å². The van der Waals surface area contributed by atoms with Crippen LogP contribution in [0, 0.1) is 0 Å². The zero-order valence-electron chi connectivity index (χ0n) is 26.3. The van der Waals surface area contributed by atoms with Crippen LogP contribution in [0.2, 0.25) is 0 Å². The maximum absolute atomic E-state index is 13.4. The Balaban J connectivity index is 1.28. The lowest BCUT2D eigenvalue weighted by Crippen LogP contribution is -2.30. The second-order valence-corrected chi connectivity index (χ2v) is 14.3. The smallest absolute Gasteiger partial charge is 0.341 e. The van der Waals surface area contributed by atoms with Gasteiger partial charge in [-0.1, -0.05) is 37.1 Å². The Morgan fingerprint density at radius 3 is 2.49 bits per heavy atom. The highest BCUT2D eigenvalue weighted by Crippen LogP contribution is 2.38. The maximum atomic E-state index is 13.4. The van der Waals surface area contributed by atoms with Gasteiger partial charge in [0.2, 0.25) is 5.91 Å². The number of thiophene rings is 2. The van der Waals surface area contributed by atoms with E-state index in [9.17, 15) is 19.2 Å². The van der Waals surface area contributed by atoms with Crippen LogP contribution in [-0.4, -0.2) is 35.5 Å². The molecule has 0 spiro atoms. The quantitative estimate of drug-likeness (QED) is 0.0833. The van der Waals surface area contributed by atoms with Crippen molar-refractivity contribution in [3.8, 4) is 0 Å². The molecule has 0 saturated heterocycles. The number of thioether (sulfide) groups is 1. The Bertz CT molecular complexity index is 1750. The number of fused-ring (bicyclic) bond motifs is 1. The van der Waals surface area contributed by atoms with Gasteiger partial charge in [0.05, 0.1) is 17.4 Å². The molecule has 11 heteroatoms. The fraction of sp³-hybridized carbons (Fsp3) is 0.278. The van der Waals surface area contributed by atoms with Gasteiger partial charge in [-0.3, -0.25) is 14.4 Å². The van der Waals surface area contributed by atoms with E-state index in [1.165, 1.54) is 34.4 Å². The third-order valence-corrected chi connectivity index (χ3v) is 10.5. The van der Waals surface area contributed by atoms with Gasteiger partial charge in [0.25, 0.3) is 11.8 Å². The molecule has 0 saturated carbocycles. The molecule has 8 nitrogen and oxygen atoms in total. The Morgan fingerprint density at radius 2 is 1.74 bits per heavy atom. The van der Waals surface area contributed by atoms with Crippen LogP contribution >= 0.6 is 34.4 Å². The number of nitrogens with one attached hydrogen (secondary N) is 3. The van der Waals surface area contributed by atoms with Crippen LogP contribution in [0.25, 0.3) is 6.08 Å². The Labute approximate surface area is 287 Å². The molecule has 2 heterocycles. The van der Waals surface area contributed by atoms with Crippen LogP contribution < -0.4 is 16.0 Å². The van der Waals surface area contributed by atoms with Gasteiger partial charge >= 0.3 is 5.97 Å². The lowest BCUT2D eigenvalue weighted by atomic mass is 9.96. The topological polar surface area (TPSA) is 114 Å². The lowest BCUT2D eigenvalue weighted by molar-refractivity contribution is -0.115. The van der Waals surface area contributed by atoms with Crippen molar-refractivity contribution in [2.45, 2.75) is 62.5 Å². The molecule has 2 aromatic carbocycles. The molecule has 3 N–H and O–H groups in total. The number of anilines is 2. The largest absolute Gasteiger partial charge is 0.462 e. The van der Waals surface area contributed by atoms with Crippen LogP contribution in [0.3, 0.4) is 0 Å². The molecule has 1 atom stereocenters. The molecule has 3 amide bonds. The van der Waals surface area contributed by atoms with Crippen molar-refractivity contribution in [2.75, 3.05) is 17.2 Å². The minimum atomic E-state index is -0.500. The van der Waals surface area contributed by atoms with Gasteiger partial charge in [-0.2, -0.15) is 11.3 Å². The predicted octanol–water partition coefficient (Wildman–Crippen LogP) is 8.17. The molecule has 4 aromatic rings. The second-order valence-electron chi connectivity index (χ2n) is 11.0. The van der Waals surface area contributed by atoms with Crippen LogP contribution in [0.15, 0.2) is 82.0 Å². The second kappa shape index (κ2) is 16.6. The van der Waals surface area contributed by atoms with E-state index < -0.39 is 23.0 Å². The van der Waals surface area contributed by atoms with E-state index in [0.29, 0.717) is 21.8 Å². The molecule has 47 heavy (non-hydrogen) atoms. The normalized spacial score (nSPS) is 13.8. The molecule has 0 aliphatic heterocycles. The number of carbonyl (C=O) groups is 4. The Morgan fingerprint density at radius 1 is 0.957 bits per heavy atom. The van der Waals surface area contributed by atoms with Gasteiger partial charge in [0, 0.05) is 21.0 Å². The first-order valence-electron chi connectivity index (χ1n) is 15.6. The number of esters is 1. The van der Waals surface area contributed by atoms with E-state index in [0.717, 1.165) is 59.4 Å². The van der Waals surface area contributed by atoms with Crippen molar-refractivity contribution >= 4 is 74.9 Å². The molecule has 0 radical (unpaired) electrons. The molecule has 5 rings (SSSR count). The summed E-state index contributed by atoms with van der Waals surface area (Å²) in [6.45, 7) is 3.85. The highest BCUT2D eigenvalue weighted by atomic mass is 32.2. The van der Waals surface area contributed by atoms with Gasteiger partial charge in [-0.25, -0.2) is 4.79 Å². The Hall–Kier alpha value is -4.19. The molecule has 1 aliphatic rings. The summed E-state index contributed by atoms with van der Waals surface area (Å²) < 4.78 is 5.39. The number of hydrogen-bond acceptors (Lipinski definition) is 8. The average molecular weight is 688 g/mol. The standard InChI is InChI=1S/C36H37N3O5S3/c1-3-44-36(43)31-28-16-9-4-5-10-17-30(28)47-35(31)39-32(40)23(2)46-27-15-11-14-26(21-27)37-34(42)29(20-24-18-19-45-22-24)38-33(41)25-12-7-6-8-13-25/h6-8,11-15,18-23H,3-5,9-10,16-17H2,1-2H3,(H,37,42)(H,38,41)(H,39,40)/b29-20-. The van der Waals surface area contributed by atoms with Gasteiger partial charge in [0.1, 0.15) is 10.7 Å².